The number of Topliss-reactive ketones (excluding diaryl/α,β-unsaturated/α-hetero) is 1. The number of benzene rings is 2. The summed E-state index contributed by atoms with van der Waals surface area (Å²) >= 11 is 1.41. The molecule has 0 bridgehead atoms. The van der Waals surface area contributed by atoms with E-state index in [1.54, 1.807) is 24.3 Å². The fourth-order valence-corrected chi connectivity index (χ4v) is 3.72. The van der Waals surface area contributed by atoms with Gasteiger partial charge in [0.15, 0.2) is 5.78 Å². The van der Waals surface area contributed by atoms with Crippen LogP contribution in [0.4, 0.5) is 5.69 Å². The Bertz CT molecular complexity index is 988. The maximum atomic E-state index is 12.8. The Kier molecular flexibility index (Phi) is 6.21. The molecule has 0 aliphatic rings. The zero-order valence-electron chi connectivity index (χ0n) is 16.0. The number of amides is 1. The van der Waals surface area contributed by atoms with Gasteiger partial charge in [0, 0.05) is 23.7 Å². The first-order valence-corrected chi connectivity index (χ1v) is 9.80. The van der Waals surface area contributed by atoms with E-state index < -0.39 is 0 Å². The van der Waals surface area contributed by atoms with E-state index in [0.29, 0.717) is 17.1 Å². The molecule has 28 heavy (non-hydrogen) atoms. The number of hydrogen-bond donors (Lipinski definition) is 1. The minimum absolute atomic E-state index is 0.0110. The predicted octanol–water partition coefficient (Wildman–Crippen LogP) is 4.77. The van der Waals surface area contributed by atoms with E-state index in [2.05, 4.69) is 15.3 Å². The summed E-state index contributed by atoms with van der Waals surface area (Å²) in [7, 11) is 0. The molecule has 1 unspecified atom stereocenters. The van der Waals surface area contributed by atoms with Gasteiger partial charge in [0.1, 0.15) is 10.9 Å². The number of nitrogens with one attached hydrogen (secondary N) is 1. The molecule has 3 aromatic rings. The zero-order valence-corrected chi connectivity index (χ0v) is 16.8. The van der Waals surface area contributed by atoms with Gasteiger partial charge in [0.2, 0.25) is 5.91 Å². The van der Waals surface area contributed by atoms with Crippen LogP contribution in [0.3, 0.4) is 0 Å². The number of carbonyl (C=O) groups excluding carboxylic acids is 2. The Labute approximate surface area is 168 Å². The lowest BCUT2D eigenvalue weighted by atomic mass is 10.1. The van der Waals surface area contributed by atoms with E-state index in [1.807, 2.05) is 50.2 Å². The number of thioether (sulfide) groups is 1. The summed E-state index contributed by atoms with van der Waals surface area (Å²) < 4.78 is 0. The molecule has 3 rings (SSSR count). The molecule has 0 saturated carbocycles. The highest BCUT2D eigenvalue weighted by atomic mass is 32.2. The van der Waals surface area contributed by atoms with E-state index in [-0.39, 0.29) is 16.9 Å². The standard InChI is InChI=1S/C22H21N3O2S/c1-14(22(27)18-9-11-19(12-10-18)25-16(3)26)28-21-13-20(23-15(2)24-21)17-7-5-4-6-8-17/h4-14H,1-3H3,(H,25,26). The molecule has 5 nitrogen and oxygen atoms in total. The van der Waals surface area contributed by atoms with Gasteiger partial charge in [-0.3, -0.25) is 9.59 Å². The average molecular weight is 391 g/mol. The van der Waals surface area contributed by atoms with E-state index in [4.69, 9.17) is 0 Å². The second-order valence-corrected chi connectivity index (χ2v) is 7.75. The molecule has 0 spiro atoms. The van der Waals surface area contributed by atoms with Crippen molar-refractivity contribution in [2.24, 2.45) is 0 Å². The minimum atomic E-state index is -0.301. The Hall–Kier alpha value is -2.99. The van der Waals surface area contributed by atoms with Crippen LogP contribution in [0, 0.1) is 6.92 Å². The maximum Gasteiger partial charge on any atom is 0.221 e. The van der Waals surface area contributed by atoms with Crippen LogP contribution >= 0.6 is 11.8 Å². The molecule has 142 valence electrons. The summed E-state index contributed by atoms with van der Waals surface area (Å²) in [5.74, 6) is 0.538. The highest BCUT2D eigenvalue weighted by Gasteiger charge is 2.18. The Morgan fingerprint density at radius 1 is 1.00 bits per heavy atom. The second-order valence-electron chi connectivity index (χ2n) is 6.39. The molecule has 6 heteroatoms. The molecule has 2 aromatic carbocycles. The summed E-state index contributed by atoms with van der Waals surface area (Å²) in [6.07, 6.45) is 0. The lowest BCUT2D eigenvalue weighted by Crippen LogP contribution is -2.14. The predicted molar refractivity (Wildman–Crippen MR) is 113 cm³/mol. The molecular formula is C22H21N3O2S. The van der Waals surface area contributed by atoms with Crippen LogP contribution in [0.25, 0.3) is 11.3 Å². The number of carbonyl (C=O) groups is 2. The molecule has 1 heterocycles. The van der Waals surface area contributed by atoms with E-state index in [0.717, 1.165) is 16.3 Å². The summed E-state index contributed by atoms with van der Waals surface area (Å²) in [4.78, 5) is 32.9. The SMILES string of the molecule is CC(=O)Nc1ccc(C(=O)C(C)Sc2cc(-c3ccccc3)nc(C)n2)cc1. The van der Waals surface area contributed by atoms with Crippen LogP contribution in [0.2, 0.25) is 0 Å². The van der Waals surface area contributed by atoms with E-state index in [1.165, 1.54) is 18.7 Å². The number of ketones is 1. The quantitative estimate of drug-likeness (QED) is 0.372. The molecule has 1 atom stereocenters. The topological polar surface area (TPSA) is 72.0 Å². The summed E-state index contributed by atoms with van der Waals surface area (Å²) in [5, 5.41) is 3.16. The van der Waals surface area contributed by atoms with Crippen molar-refractivity contribution < 1.29 is 9.59 Å². The zero-order chi connectivity index (χ0) is 20.1. The smallest absolute Gasteiger partial charge is 0.221 e. The Balaban J connectivity index is 1.75. The largest absolute Gasteiger partial charge is 0.326 e. The maximum absolute atomic E-state index is 12.8. The summed E-state index contributed by atoms with van der Waals surface area (Å²) in [6.45, 7) is 5.17. The number of aryl methyl sites for hydroxylation is 1. The number of anilines is 1. The number of nitrogens with zero attached hydrogens (tertiary/aromatic N) is 2. The molecule has 1 amide bonds. The van der Waals surface area contributed by atoms with Crippen molar-refractivity contribution in [2.75, 3.05) is 5.32 Å². The third-order valence-electron chi connectivity index (χ3n) is 4.04. The van der Waals surface area contributed by atoms with Crippen molar-refractivity contribution in [1.29, 1.82) is 0 Å². The van der Waals surface area contributed by atoms with Crippen molar-refractivity contribution in [1.82, 2.24) is 9.97 Å². The second kappa shape index (κ2) is 8.80. The Morgan fingerprint density at radius 3 is 2.32 bits per heavy atom. The van der Waals surface area contributed by atoms with Gasteiger partial charge in [-0.25, -0.2) is 9.97 Å². The van der Waals surface area contributed by atoms with Crippen molar-refractivity contribution in [3.05, 3.63) is 72.1 Å². The van der Waals surface area contributed by atoms with Crippen molar-refractivity contribution in [3.63, 3.8) is 0 Å². The van der Waals surface area contributed by atoms with Crippen LogP contribution < -0.4 is 5.32 Å². The van der Waals surface area contributed by atoms with Gasteiger partial charge in [0.05, 0.1) is 10.9 Å². The number of hydrogen-bond acceptors (Lipinski definition) is 5. The normalized spacial score (nSPS) is 11.7. The number of aromatic nitrogens is 2. The molecule has 0 fully saturated rings. The summed E-state index contributed by atoms with van der Waals surface area (Å²) in [6, 6.07) is 18.7. The molecule has 0 radical (unpaired) electrons. The van der Waals surface area contributed by atoms with Crippen molar-refractivity contribution in [3.8, 4) is 11.3 Å². The van der Waals surface area contributed by atoms with Crippen molar-refractivity contribution >= 4 is 29.1 Å². The lowest BCUT2D eigenvalue weighted by Gasteiger charge is -2.12. The molecule has 0 aliphatic heterocycles. The Morgan fingerprint density at radius 2 is 1.68 bits per heavy atom. The highest BCUT2D eigenvalue weighted by Crippen LogP contribution is 2.28. The first kappa shape index (κ1) is 19.8. The van der Waals surface area contributed by atoms with Gasteiger partial charge >= 0.3 is 0 Å². The van der Waals surface area contributed by atoms with Gasteiger partial charge in [-0.15, -0.1) is 0 Å². The average Bonchev–Trinajstić information content (AvgIpc) is 2.68. The fraction of sp³-hybridized carbons (Fsp3) is 0.182. The molecule has 0 saturated heterocycles. The van der Waals surface area contributed by atoms with Gasteiger partial charge in [0.25, 0.3) is 0 Å². The van der Waals surface area contributed by atoms with Gasteiger partial charge < -0.3 is 5.32 Å². The monoisotopic (exact) mass is 391 g/mol. The molecular weight excluding hydrogens is 370 g/mol. The molecule has 1 aromatic heterocycles. The third-order valence-corrected chi connectivity index (χ3v) is 5.06. The third kappa shape index (κ3) is 5.04. The first-order chi connectivity index (χ1) is 13.4. The van der Waals surface area contributed by atoms with Crippen LogP contribution in [0.1, 0.15) is 30.0 Å². The highest BCUT2D eigenvalue weighted by molar-refractivity contribution is 8.00. The first-order valence-electron chi connectivity index (χ1n) is 8.92. The van der Waals surface area contributed by atoms with Gasteiger partial charge in [-0.1, -0.05) is 42.1 Å². The summed E-state index contributed by atoms with van der Waals surface area (Å²) in [5.41, 5.74) is 3.13. The fourth-order valence-electron chi connectivity index (χ4n) is 2.75. The number of rotatable bonds is 6. The molecule has 0 aliphatic carbocycles. The van der Waals surface area contributed by atoms with Gasteiger partial charge in [-0.2, -0.15) is 0 Å². The van der Waals surface area contributed by atoms with Crippen LogP contribution in [-0.4, -0.2) is 26.9 Å². The minimum Gasteiger partial charge on any atom is -0.326 e. The van der Waals surface area contributed by atoms with Crippen LogP contribution in [0.5, 0.6) is 0 Å². The lowest BCUT2D eigenvalue weighted by molar-refractivity contribution is -0.114. The van der Waals surface area contributed by atoms with Crippen molar-refractivity contribution in [2.45, 2.75) is 31.0 Å². The van der Waals surface area contributed by atoms with Crippen LogP contribution in [0.15, 0.2) is 65.7 Å². The van der Waals surface area contributed by atoms with Gasteiger partial charge in [-0.05, 0) is 44.2 Å². The van der Waals surface area contributed by atoms with E-state index >= 15 is 0 Å². The van der Waals surface area contributed by atoms with E-state index in [9.17, 15) is 9.59 Å². The van der Waals surface area contributed by atoms with Crippen LogP contribution in [-0.2, 0) is 4.79 Å². The molecule has 1 N–H and O–H groups in total.